The van der Waals surface area contributed by atoms with Gasteiger partial charge in [-0.3, -0.25) is 4.79 Å². The summed E-state index contributed by atoms with van der Waals surface area (Å²) in [5, 5.41) is 9.22. The molecule has 2 rings (SSSR count). The zero-order chi connectivity index (χ0) is 15.2. The molecule has 0 aromatic heterocycles. The van der Waals surface area contributed by atoms with Crippen molar-refractivity contribution in [3.8, 4) is 0 Å². The van der Waals surface area contributed by atoms with Crippen molar-refractivity contribution in [2.45, 2.75) is 13.5 Å². The number of carbonyl (C=O) groups excluding carboxylic acids is 1. The summed E-state index contributed by atoms with van der Waals surface area (Å²) >= 11 is 3.40. The van der Waals surface area contributed by atoms with E-state index in [1.807, 2.05) is 55.5 Å². The number of aryl methyl sites for hydroxylation is 1. The summed E-state index contributed by atoms with van der Waals surface area (Å²) in [6.45, 7) is 2.69. The second kappa shape index (κ2) is 7.38. The van der Waals surface area contributed by atoms with E-state index in [1.54, 1.807) is 4.90 Å². The highest BCUT2D eigenvalue weighted by Crippen LogP contribution is 2.18. The Kier molecular flexibility index (Phi) is 5.53. The van der Waals surface area contributed by atoms with Crippen molar-refractivity contribution in [1.82, 2.24) is 4.90 Å². The predicted octanol–water partition coefficient (Wildman–Crippen LogP) is 3.39. The van der Waals surface area contributed by atoms with Gasteiger partial charge in [-0.15, -0.1) is 0 Å². The molecular weight excluding hydrogens is 330 g/mol. The Labute approximate surface area is 133 Å². The lowest BCUT2D eigenvalue weighted by Gasteiger charge is -2.23. The molecule has 0 aliphatic rings. The Hall–Kier alpha value is -1.65. The summed E-state index contributed by atoms with van der Waals surface area (Å²) in [5.41, 5.74) is 2.64. The summed E-state index contributed by atoms with van der Waals surface area (Å²) < 4.78 is 0.952. The van der Waals surface area contributed by atoms with E-state index < -0.39 is 0 Å². The van der Waals surface area contributed by atoms with Crippen LogP contribution >= 0.6 is 15.9 Å². The number of hydrogen-bond acceptors (Lipinski definition) is 2. The van der Waals surface area contributed by atoms with Gasteiger partial charge in [-0.2, -0.15) is 0 Å². The van der Waals surface area contributed by atoms with E-state index >= 15 is 0 Å². The van der Waals surface area contributed by atoms with Crippen LogP contribution in [-0.4, -0.2) is 29.1 Å². The zero-order valence-corrected chi connectivity index (χ0v) is 13.5. The minimum absolute atomic E-state index is 0.0475. The summed E-state index contributed by atoms with van der Waals surface area (Å²) in [4.78, 5) is 14.3. The average molecular weight is 348 g/mol. The Morgan fingerprint density at radius 2 is 1.90 bits per heavy atom. The molecule has 3 nitrogen and oxygen atoms in total. The van der Waals surface area contributed by atoms with Gasteiger partial charge in [0.2, 0.25) is 0 Å². The molecule has 0 fully saturated rings. The minimum Gasteiger partial charge on any atom is -0.395 e. The topological polar surface area (TPSA) is 40.5 Å². The first-order chi connectivity index (χ1) is 10.1. The number of halogens is 1. The first-order valence-corrected chi connectivity index (χ1v) is 7.61. The number of hydrogen-bond donors (Lipinski definition) is 1. The van der Waals surface area contributed by atoms with E-state index in [2.05, 4.69) is 15.9 Å². The third-order valence-electron chi connectivity index (χ3n) is 3.29. The third-order valence-corrected chi connectivity index (χ3v) is 3.79. The summed E-state index contributed by atoms with van der Waals surface area (Å²) in [7, 11) is 0. The Morgan fingerprint density at radius 1 is 1.19 bits per heavy atom. The molecule has 0 aliphatic heterocycles. The number of aliphatic hydroxyl groups excluding tert-OH is 1. The van der Waals surface area contributed by atoms with Gasteiger partial charge in [0, 0.05) is 23.1 Å². The molecule has 0 unspecified atom stereocenters. The Morgan fingerprint density at radius 3 is 2.52 bits per heavy atom. The largest absolute Gasteiger partial charge is 0.395 e. The maximum absolute atomic E-state index is 12.7. The average Bonchev–Trinajstić information content (AvgIpc) is 2.47. The fraction of sp³-hybridized carbons (Fsp3) is 0.235. The SMILES string of the molecule is Cc1cc(Br)ccc1C(=O)N(CCO)Cc1ccccc1. The summed E-state index contributed by atoms with van der Waals surface area (Å²) in [6.07, 6.45) is 0. The lowest BCUT2D eigenvalue weighted by molar-refractivity contribution is 0.0707. The molecule has 1 amide bonds. The smallest absolute Gasteiger partial charge is 0.254 e. The van der Waals surface area contributed by atoms with E-state index in [0.717, 1.165) is 15.6 Å². The lowest BCUT2D eigenvalue weighted by Crippen LogP contribution is -2.33. The minimum atomic E-state index is -0.0575. The van der Waals surface area contributed by atoms with Crippen molar-refractivity contribution in [3.63, 3.8) is 0 Å². The lowest BCUT2D eigenvalue weighted by atomic mass is 10.1. The van der Waals surface area contributed by atoms with Crippen molar-refractivity contribution in [1.29, 1.82) is 0 Å². The Balaban J connectivity index is 2.23. The van der Waals surface area contributed by atoms with E-state index in [0.29, 0.717) is 18.7 Å². The molecule has 2 aromatic rings. The van der Waals surface area contributed by atoms with E-state index in [1.165, 1.54) is 0 Å². The fourth-order valence-corrected chi connectivity index (χ4v) is 2.69. The van der Waals surface area contributed by atoms with Gasteiger partial charge in [-0.1, -0.05) is 46.3 Å². The van der Waals surface area contributed by atoms with Crippen LogP contribution in [0.4, 0.5) is 0 Å². The number of nitrogens with zero attached hydrogens (tertiary/aromatic N) is 1. The van der Waals surface area contributed by atoms with Crippen LogP contribution in [0, 0.1) is 6.92 Å². The molecular formula is C17H18BrNO2. The van der Waals surface area contributed by atoms with Gasteiger partial charge in [0.05, 0.1) is 6.61 Å². The second-order valence-electron chi connectivity index (χ2n) is 4.90. The van der Waals surface area contributed by atoms with Crippen LogP contribution in [-0.2, 0) is 6.54 Å². The summed E-state index contributed by atoms with van der Waals surface area (Å²) in [5.74, 6) is -0.0575. The maximum atomic E-state index is 12.7. The molecule has 1 N–H and O–H groups in total. The normalized spacial score (nSPS) is 10.4. The standard InChI is InChI=1S/C17H18BrNO2/c1-13-11-15(18)7-8-16(13)17(21)19(9-10-20)12-14-5-3-2-4-6-14/h2-8,11,20H,9-10,12H2,1H3. The highest BCUT2D eigenvalue weighted by molar-refractivity contribution is 9.10. The van der Waals surface area contributed by atoms with E-state index in [-0.39, 0.29) is 12.5 Å². The van der Waals surface area contributed by atoms with Crippen molar-refractivity contribution >= 4 is 21.8 Å². The third kappa shape index (κ3) is 4.16. The van der Waals surface area contributed by atoms with Gasteiger partial charge in [0.15, 0.2) is 0 Å². The number of carbonyl (C=O) groups is 1. The van der Waals surface area contributed by atoms with Gasteiger partial charge in [0.1, 0.15) is 0 Å². The quantitative estimate of drug-likeness (QED) is 0.900. The van der Waals surface area contributed by atoms with E-state index in [4.69, 9.17) is 0 Å². The molecule has 0 bridgehead atoms. The summed E-state index contributed by atoms with van der Waals surface area (Å²) in [6, 6.07) is 15.4. The van der Waals surface area contributed by atoms with E-state index in [9.17, 15) is 9.90 Å². The van der Waals surface area contributed by atoms with Crippen LogP contribution < -0.4 is 0 Å². The van der Waals surface area contributed by atoms with Gasteiger partial charge in [-0.25, -0.2) is 0 Å². The molecule has 0 saturated carbocycles. The zero-order valence-electron chi connectivity index (χ0n) is 11.9. The Bertz CT molecular complexity index is 613. The molecule has 4 heteroatoms. The fourth-order valence-electron chi connectivity index (χ4n) is 2.21. The molecule has 0 heterocycles. The van der Waals surface area contributed by atoms with Gasteiger partial charge >= 0.3 is 0 Å². The van der Waals surface area contributed by atoms with Crippen molar-refractivity contribution in [2.75, 3.05) is 13.2 Å². The molecule has 0 spiro atoms. The molecule has 21 heavy (non-hydrogen) atoms. The van der Waals surface area contributed by atoms with Crippen molar-refractivity contribution in [3.05, 3.63) is 69.7 Å². The monoisotopic (exact) mass is 347 g/mol. The van der Waals surface area contributed by atoms with Gasteiger partial charge in [-0.05, 0) is 36.2 Å². The molecule has 0 saturated heterocycles. The van der Waals surface area contributed by atoms with Crippen LogP contribution in [0.1, 0.15) is 21.5 Å². The van der Waals surface area contributed by atoms with Crippen LogP contribution in [0.15, 0.2) is 53.0 Å². The van der Waals surface area contributed by atoms with Crippen LogP contribution in [0.5, 0.6) is 0 Å². The molecule has 110 valence electrons. The first kappa shape index (κ1) is 15.7. The number of aliphatic hydroxyl groups is 1. The number of benzene rings is 2. The first-order valence-electron chi connectivity index (χ1n) is 6.82. The van der Waals surface area contributed by atoms with Gasteiger partial charge < -0.3 is 10.0 Å². The van der Waals surface area contributed by atoms with Crippen molar-refractivity contribution in [2.24, 2.45) is 0 Å². The highest BCUT2D eigenvalue weighted by Gasteiger charge is 2.17. The van der Waals surface area contributed by atoms with Crippen LogP contribution in [0.25, 0.3) is 0 Å². The maximum Gasteiger partial charge on any atom is 0.254 e. The molecule has 2 aromatic carbocycles. The predicted molar refractivity (Wildman–Crippen MR) is 87.1 cm³/mol. The highest BCUT2D eigenvalue weighted by atomic mass is 79.9. The van der Waals surface area contributed by atoms with Crippen LogP contribution in [0.2, 0.25) is 0 Å². The number of rotatable bonds is 5. The van der Waals surface area contributed by atoms with Crippen molar-refractivity contribution < 1.29 is 9.90 Å². The second-order valence-corrected chi connectivity index (χ2v) is 5.81. The molecule has 0 radical (unpaired) electrons. The van der Waals surface area contributed by atoms with Gasteiger partial charge in [0.25, 0.3) is 5.91 Å². The molecule has 0 aliphatic carbocycles. The molecule has 0 atom stereocenters. The number of amides is 1. The van der Waals surface area contributed by atoms with Crippen LogP contribution in [0.3, 0.4) is 0 Å².